The molecule has 0 radical (unpaired) electrons. The van der Waals surface area contributed by atoms with Crippen molar-refractivity contribution in [1.82, 2.24) is 9.55 Å². The normalized spacial score (nSPS) is 10.9. The van der Waals surface area contributed by atoms with E-state index in [2.05, 4.69) is 4.98 Å². The molecular formula is C15H10Cl2N2O. The molecule has 5 heteroatoms. The van der Waals surface area contributed by atoms with E-state index in [1.165, 1.54) is 10.9 Å². The van der Waals surface area contributed by atoms with Crippen molar-refractivity contribution >= 4 is 34.1 Å². The van der Waals surface area contributed by atoms with Crippen LogP contribution in [0.25, 0.3) is 16.6 Å². The van der Waals surface area contributed by atoms with Gasteiger partial charge in [0.15, 0.2) is 0 Å². The highest BCUT2D eigenvalue weighted by Crippen LogP contribution is 2.24. The van der Waals surface area contributed by atoms with Gasteiger partial charge in [0.2, 0.25) is 0 Å². The lowest BCUT2D eigenvalue weighted by atomic mass is 10.2. The monoisotopic (exact) mass is 304 g/mol. The maximum Gasteiger partial charge on any atom is 0.265 e. The molecule has 0 saturated carbocycles. The first-order valence-electron chi connectivity index (χ1n) is 6.00. The zero-order valence-electron chi connectivity index (χ0n) is 10.6. The summed E-state index contributed by atoms with van der Waals surface area (Å²) in [7, 11) is 0. The highest BCUT2D eigenvalue weighted by molar-refractivity contribution is 6.38. The zero-order valence-corrected chi connectivity index (χ0v) is 12.1. The Bertz CT molecular complexity index is 854. The first-order valence-corrected chi connectivity index (χ1v) is 6.75. The molecule has 3 nitrogen and oxygen atoms in total. The molecule has 0 fully saturated rings. The van der Waals surface area contributed by atoms with E-state index in [9.17, 15) is 4.79 Å². The lowest BCUT2D eigenvalue weighted by molar-refractivity contribution is 0.962. The minimum Gasteiger partial charge on any atom is -0.268 e. The van der Waals surface area contributed by atoms with Crippen LogP contribution in [0.4, 0.5) is 0 Å². The Morgan fingerprint density at radius 2 is 1.80 bits per heavy atom. The summed E-state index contributed by atoms with van der Waals surface area (Å²) in [5, 5.41) is 1.20. The van der Waals surface area contributed by atoms with Crippen molar-refractivity contribution in [2.75, 3.05) is 0 Å². The number of benzene rings is 2. The van der Waals surface area contributed by atoms with E-state index in [0.29, 0.717) is 20.9 Å². The Balaban J connectivity index is 2.31. The largest absolute Gasteiger partial charge is 0.268 e. The molecule has 0 spiro atoms. The van der Waals surface area contributed by atoms with Gasteiger partial charge in [0.1, 0.15) is 6.33 Å². The number of nitrogens with zero attached hydrogens (tertiary/aromatic N) is 2. The van der Waals surface area contributed by atoms with E-state index in [4.69, 9.17) is 23.2 Å². The maximum atomic E-state index is 12.5. The van der Waals surface area contributed by atoms with Crippen LogP contribution in [0.5, 0.6) is 0 Å². The number of halogens is 2. The van der Waals surface area contributed by atoms with Crippen molar-refractivity contribution < 1.29 is 0 Å². The van der Waals surface area contributed by atoms with Crippen molar-refractivity contribution in [3.05, 3.63) is 68.7 Å². The fourth-order valence-electron chi connectivity index (χ4n) is 2.05. The summed E-state index contributed by atoms with van der Waals surface area (Å²) in [6, 6.07) is 10.8. The Morgan fingerprint density at radius 3 is 2.50 bits per heavy atom. The molecule has 1 aromatic heterocycles. The molecule has 3 aromatic rings. The van der Waals surface area contributed by atoms with Gasteiger partial charge in [-0.2, -0.15) is 0 Å². The molecular weight excluding hydrogens is 295 g/mol. The van der Waals surface area contributed by atoms with Crippen molar-refractivity contribution in [2.24, 2.45) is 0 Å². The molecule has 0 N–H and O–H groups in total. The van der Waals surface area contributed by atoms with Gasteiger partial charge in [0.05, 0.1) is 21.6 Å². The van der Waals surface area contributed by atoms with E-state index in [0.717, 1.165) is 11.3 Å². The molecule has 0 aliphatic carbocycles. The lowest BCUT2D eigenvalue weighted by Gasteiger charge is -2.08. The topological polar surface area (TPSA) is 34.9 Å². The number of fused-ring (bicyclic) bond motifs is 1. The van der Waals surface area contributed by atoms with Crippen LogP contribution >= 0.6 is 23.2 Å². The third kappa shape index (κ3) is 2.19. The van der Waals surface area contributed by atoms with Crippen molar-refractivity contribution in [2.45, 2.75) is 6.92 Å². The van der Waals surface area contributed by atoms with Gasteiger partial charge in [-0.05, 0) is 31.2 Å². The van der Waals surface area contributed by atoms with Gasteiger partial charge in [-0.25, -0.2) is 4.98 Å². The minimum absolute atomic E-state index is 0.191. The summed E-state index contributed by atoms with van der Waals surface area (Å²) in [5.41, 5.74) is 2.15. The molecule has 0 aliphatic heterocycles. The van der Waals surface area contributed by atoms with Crippen molar-refractivity contribution in [3.63, 3.8) is 0 Å². The number of aromatic nitrogens is 2. The molecule has 3 rings (SSSR count). The van der Waals surface area contributed by atoms with Crippen LogP contribution in [0, 0.1) is 6.92 Å². The van der Waals surface area contributed by atoms with Gasteiger partial charge in [0, 0.05) is 5.02 Å². The first kappa shape index (κ1) is 13.2. The fourth-order valence-corrected chi connectivity index (χ4v) is 2.59. The molecule has 2 aromatic carbocycles. The molecule has 0 aliphatic rings. The highest BCUT2D eigenvalue weighted by Gasteiger charge is 2.09. The van der Waals surface area contributed by atoms with Gasteiger partial charge in [-0.1, -0.05) is 40.9 Å². The van der Waals surface area contributed by atoms with Gasteiger partial charge >= 0.3 is 0 Å². The average Bonchev–Trinajstić information content (AvgIpc) is 2.41. The van der Waals surface area contributed by atoms with E-state index >= 15 is 0 Å². The summed E-state index contributed by atoms with van der Waals surface area (Å²) < 4.78 is 1.48. The number of rotatable bonds is 1. The molecule has 1 heterocycles. The molecule has 0 unspecified atom stereocenters. The molecule has 0 amide bonds. The summed E-state index contributed by atoms with van der Waals surface area (Å²) >= 11 is 12.0. The van der Waals surface area contributed by atoms with Gasteiger partial charge < -0.3 is 0 Å². The van der Waals surface area contributed by atoms with E-state index in [-0.39, 0.29) is 5.56 Å². The fraction of sp³-hybridized carbons (Fsp3) is 0.0667. The number of hydrogen-bond acceptors (Lipinski definition) is 2. The molecule has 0 atom stereocenters. The minimum atomic E-state index is -0.191. The van der Waals surface area contributed by atoms with Crippen LogP contribution in [-0.2, 0) is 0 Å². The van der Waals surface area contributed by atoms with Crippen LogP contribution in [0.2, 0.25) is 10.0 Å². The Kier molecular flexibility index (Phi) is 3.24. The van der Waals surface area contributed by atoms with Gasteiger partial charge in [0.25, 0.3) is 5.56 Å². The van der Waals surface area contributed by atoms with Crippen LogP contribution in [-0.4, -0.2) is 9.55 Å². The van der Waals surface area contributed by atoms with E-state index in [1.54, 1.807) is 12.1 Å². The first-order chi connectivity index (χ1) is 9.56. The number of hydrogen-bond donors (Lipinski definition) is 0. The molecule has 100 valence electrons. The smallest absolute Gasteiger partial charge is 0.265 e. The molecule has 0 bridgehead atoms. The highest BCUT2D eigenvalue weighted by atomic mass is 35.5. The van der Waals surface area contributed by atoms with E-state index < -0.39 is 0 Å². The predicted molar refractivity (Wildman–Crippen MR) is 82.1 cm³/mol. The molecule has 20 heavy (non-hydrogen) atoms. The maximum absolute atomic E-state index is 12.5. The summed E-state index contributed by atoms with van der Waals surface area (Å²) in [4.78, 5) is 16.8. The second-order valence-electron chi connectivity index (χ2n) is 4.54. The van der Waals surface area contributed by atoms with Gasteiger partial charge in [-0.3, -0.25) is 9.36 Å². The third-order valence-corrected chi connectivity index (χ3v) is 3.60. The third-order valence-electron chi connectivity index (χ3n) is 3.09. The Labute approximate surface area is 125 Å². The second-order valence-corrected chi connectivity index (χ2v) is 5.38. The Hall–Kier alpha value is -1.84. The standard InChI is InChI=1S/C15H10Cl2N2O/c1-9-2-4-11(5-3-9)19-8-18-14-12(15(19)20)6-10(16)7-13(14)17/h2-8H,1H3. The zero-order chi connectivity index (χ0) is 14.3. The molecule has 0 saturated heterocycles. The summed E-state index contributed by atoms with van der Waals surface area (Å²) in [6.07, 6.45) is 1.48. The van der Waals surface area contributed by atoms with Crippen molar-refractivity contribution in [3.8, 4) is 5.69 Å². The lowest BCUT2D eigenvalue weighted by Crippen LogP contribution is -2.18. The quantitative estimate of drug-likeness (QED) is 0.681. The van der Waals surface area contributed by atoms with Crippen LogP contribution in [0.1, 0.15) is 5.56 Å². The summed E-state index contributed by atoms with van der Waals surface area (Å²) in [6.45, 7) is 1.99. The van der Waals surface area contributed by atoms with Crippen molar-refractivity contribution in [1.29, 1.82) is 0 Å². The van der Waals surface area contributed by atoms with Crippen LogP contribution in [0.3, 0.4) is 0 Å². The SMILES string of the molecule is Cc1ccc(-n2cnc3c(Cl)cc(Cl)cc3c2=O)cc1. The van der Waals surface area contributed by atoms with Gasteiger partial charge in [-0.15, -0.1) is 0 Å². The van der Waals surface area contributed by atoms with Crippen LogP contribution in [0.15, 0.2) is 47.5 Å². The van der Waals surface area contributed by atoms with Crippen LogP contribution < -0.4 is 5.56 Å². The Morgan fingerprint density at radius 1 is 1.10 bits per heavy atom. The summed E-state index contributed by atoms with van der Waals surface area (Å²) in [5.74, 6) is 0. The second kappa shape index (κ2) is 4.93. The average molecular weight is 305 g/mol. The predicted octanol–water partition coefficient (Wildman–Crippen LogP) is 4.00. The van der Waals surface area contributed by atoms with E-state index in [1.807, 2.05) is 31.2 Å². The number of aryl methyl sites for hydroxylation is 1.